The van der Waals surface area contributed by atoms with Gasteiger partial charge < -0.3 is 18.9 Å². The molecule has 264 valence electrons. The van der Waals surface area contributed by atoms with Gasteiger partial charge in [0.15, 0.2) is 0 Å². The van der Waals surface area contributed by atoms with Crippen LogP contribution in [0.3, 0.4) is 0 Å². The first-order valence-electron chi connectivity index (χ1n) is 16.7. The van der Waals surface area contributed by atoms with Crippen LogP contribution in [-0.4, -0.2) is 28.4 Å². The van der Waals surface area contributed by atoms with E-state index in [1.54, 1.807) is 28.4 Å². The predicted octanol–water partition coefficient (Wildman–Crippen LogP) is 12.0. The van der Waals surface area contributed by atoms with E-state index in [1.165, 1.54) is 22.3 Å². The zero-order chi connectivity index (χ0) is 36.8. The third kappa shape index (κ3) is 15.3. The van der Waals surface area contributed by atoms with Crippen molar-refractivity contribution in [2.45, 2.75) is 105 Å². The second kappa shape index (κ2) is 18.6. The molecule has 0 radical (unpaired) electrons. The lowest BCUT2D eigenvalue weighted by Gasteiger charge is -2.24. The SMILES string of the molecule is CC(C)(C)c1ccc(C(C)(C)C)cc1.CC(C)(C)c1cccc(C(C)(C)C)c1.COc1ccc(OC)cc1.COc1cccc(OC)c1. The van der Waals surface area contributed by atoms with Gasteiger partial charge in [0, 0.05) is 6.07 Å². The Morgan fingerprint density at radius 1 is 0.292 bits per heavy atom. The van der Waals surface area contributed by atoms with E-state index in [2.05, 4.69) is 132 Å². The largest absolute Gasteiger partial charge is 0.497 e. The van der Waals surface area contributed by atoms with Gasteiger partial charge in [0.05, 0.1) is 28.4 Å². The molecule has 4 aromatic rings. The van der Waals surface area contributed by atoms with E-state index in [4.69, 9.17) is 18.9 Å². The van der Waals surface area contributed by atoms with Crippen LogP contribution in [0.4, 0.5) is 0 Å². The Morgan fingerprint density at radius 2 is 0.562 bits per heavy atom. The highest BCUT2D eigenvalue weighted by molar-refractivity contribution is 5.34. The smallest absolute Gasteiger partial charge is 0.122 e. The lowest BCUT2D eigenvalue weighted by Crippen LogP contribution is -2.15. The summed E-state index contributed by atoms with van der Waals surface area (Å²) in [6.45, 7) is 27.0. The molecule has 0 atom stereocenters. The van der Waals surface area contributed by atoms with Crippen LogP contribution in [0.2, 0.25) is 0 Å². The van der Waals surface area contributed by atoms with E-state index in [0.29, 0.717) is 0 Å². The molecule has 4 heteroatoms. The molecular weight excluding hydrogens is 592 g/mol. The molecule has 48 heavy (non-hydrogen) atoms. The first kappa shape index (κ1) is 42.1. The van der Waals surface area contributed by atoms with Crippen molar-refractivity contribution in [2.24, 2.45) is 0 Å². The molecule has 0 fully saturated rings. The maximum absolute atomic E-state index is 4.98. The van der Waals surface area contributed by atoms with Crippen molar-refractivity contribution in [2.75, 3.05) is 28.4 Å². The average molecular weight is 657 g/mol. The Bertz CT molecular complexity index is 1350. The Kier molecular flexibility index (Phi) is 16.3. The van der Waals surface area contributed by atoms with Crippen molar-refractivity contribution in [3.63, 3.8) is 0 Å². The zero-order valence-electron chi connectivity index (χ0n) is 32.9. The van der Waals surface area contributed by atoms with Gasteiger partial charge in [-0.3, -0.25) is 0 Å². The van der Waals surface area contributed by atoms with Gasteiger partial charge in [-0.2, -0.15) is 0 Å². The Hall–Kier alpha value is -3.92. The van der Waals surface area contributed by atoms with Crippen LogP contribution in [0.1, 0.15) is 105 Å². The van der Waals surface area contributed by atoms with Crippen molar-refractivity contribution in [1.29, 1.82) is 0 Å². The minimum atomic E-state index is 0.251. The highest BCUT2D eigenvalue weighted by Crippen LogP contribution is 2.29. The summed E-state index contributed by atoms with van der Waals surface area (Å²) in [4.78, 5) is 0. The van der Waals surface area contributed by atoms with Crippen molar-refractivity contribution in [1.82, 2.24) is 0 Å². The molecule has 0 bridgehead atoms. The summed E-state index contributed by atoms with van der Waals surface area (Å²) in [7, 11) is 6.55. The molecule has 0 saturated heterocycles. The predicted molar refractivity (Wildman–Crippen MR) is 207 cm³/mol. The zero-order valence-corrected chi connectivity index (χ0v) is 32.9. The summed E-state index contributed by atoms with van der Waals surface area (Å²) in [5, 5.41) is 0. The maximum Gasteiger partial charge on any atom is 0.122 e. The molecule has 0 aliphatic heterocycles. The minimum absolute atomic E-state index is 0.251. The Morgan fingerprint density at radius 3 is 0.812 bits per heavy atom. The molecule has 0 aromatic heterocycles. The van der Waals surface area contributed by atoms with E-state index >= 15 is 0 Å². The second-order valence-corrected chi connectivity index (χ2v) is 15.9. The summed E-state index contributed by atoms with van der Waals surface area (Å²) >= 11 is 0. The molecule has 4 rings (SSSR count). The normalized spacial score (nSPS) is 11.3. The maximum atomic E-state index is 4.98. The molecule has 0 aliphatic carbocycles. The third-order valence-corrected chi connectivity index (χ3v) is 7.78. The van der Waals surface area contributed by atoms with E-state index in [1.807, 2.05) is 48.5 Å². The molecule has 0 spiro atoms. The third-order valence-electron chi connectivity index (χ3n) is 7.78. The quantitative estimate of drug-likeness (QED) is 0.219. The van der Waals surface area contributed by atoms with Crippen LogP contribution < -0.4 is 18.9 Å². The Balaban J connectivity index is 0.000000324. The van der Waals surface area contributed by atoms with Crippen LogP contribution in [0.25, 0.3) is 0 Å². The van der Waals surface area contributed by atoms with Gasteiger partial charge in [0.1, 0.15) is 23.0 Å². The number of hydrogen-bond donors (Lipinski definition) is 0. The van der Waals surface area contributed by atoms with Crippen LogP contribution in [0.5, 0.6) is 23.0 Å². The van der Waals surface area contributed by atoms with Crippen LogP contribution in [0.15, 0.2) is 97.1 Å². The van der Waals surface area contributed by atoms with Gasteiger partial charge in [-0.15, -0.1) is 0 Å². The van der Waals surface area contributed by atoms with Gasteiger partial charge in [0.25, 0.3) is 0 Å². The number of ether oxygens (including phenoxy) is 4. The minimum Gasteiger partial charge on any atom is -0.497 e. The Labute approximate surface area is 293 Å². The monoisotopic (exact) mass is 656 g/mol. The van der Waals surface area contributed by atoms with Crippen molar-refractivity contribution < 1.29 is 18.9 Å². The van der Waals surface area contributed by atoms with Gasteiger partial charge in [-0.25, -0.2) is 0 Å². The summed E-state index contributed by atoms with van der Waals surface area (Å²) in [6, 6.07) is 32.9. The molecule has 0 aliphatic rings. The standard InChI is InChI=1S/2C14H22.2C8H10O2/c1-13(2,3)11-7-9-12(10-8-11)14(4,5)6;1-13(2,3)11-8-7-9-12(10-11)14(4,5)6;1-9-7-3-5-8(10-2)6-4-7;1-9-7-4-3-5-8(6-7)10-2/h2*7-10H,1-6H3;2*3-6H,1-2H3. The fourth-order valence-electron chi connectivity index (χ4n) is 4.36. The van der Waals surface area contributed by atoms with Gasteiger partial charge in [0.2, 0.25) is 0 Å². The van der Waals surface area contributed by atoms with Crippen molar-refractivity contribution in [3.05, 3.63) is 119 Å². The molecule has 0 saturated carbocycles. The van der Waals surface area contributed by atoms with E-state index in [9.17, 15) is 0 Å². The second-order valence-electron chi connectivity index (χ2n) is 15.9. The van der Waals surface area contributed by atoms with Gasteiger partial charge in [-0.05, 0) is 80.3 Å². The van der Waals surface area contributed by atoms with E-state index in [-0.39, 0.29) is 21.7 Å². The average Bonchev–Trinajstić information content (AvgIpc) is 3.04. The fraction of sp³-hybridized carbons (Fsp3) is 0.455. The number of hydrogen-bond acceptors (Lipinski definition) is 4. The lowest BCUT2D eigenvalue weighted by molar-refractivity contribution is 0.394. The summed E-state index contributed by atoms with van der Waals surface area (Å²) < 4.78 is 19.9. The van der Waals surface area contributed by atoms with Crippen molar-refractivity contribution >= 4 is 0 Å². The van der Waals surface area contributed by atoms with Crippen molar-refractivity contribution in [3.8, 4) is 23.0 Å². The molecule has 0 amide bonds. The summed E-state index contributed by atoms with van der Waals surface area (Å²) in [5.74, 6) is 3.33. The van der Waals surface area contributed by atoms with Crippen LogP contribution in [-0.2, 0) is 21.7 Å². The topological polar surface area (TPSA) is 36.9 Å². The van der Waals surface area contributed by atoms with E-state index < -0.39 is 0 Å². The number of rotatable bonds is 4. The van der Waals surface area contributed by atoms with Crippen LogP contribution >= 0.6 is 0 Å². The summed E-state index contributed by atoms with van der Waals surface area (Å²) in [6.07, 6.45) is 0. The molecule has 0 heterocycles. The first-order valence-corrected chi connectivity index (χ1v) is 16.7. The lowest BCUT2D eigenvalue weighted by atomic mass is 9.81. The van der Waals surface area contributed by atoms with Gasteiger partial charge >= 0.3 is 0 Å². The van der Waals surface area contributed by atoms with E-state index in [0.717, 1.165) is 23.0 Å². The first-order chi connectivity index (χ1) is 22.1. The number of benzene rings is 4. The molecule has 0 N–H and O–H groups in total. The summed E-state index contributed by atoms with van der Waals surface area (Å²) in [5.41, 5.74) is 6.68. The number of methoxy groups -OCH3 is 4. The highest BCUT2D eigenvalue weighted by Gasteiger charge is 2.19. The van der Waals surface area contributed by atoms with Gasteiger partial charge in [-0.1, -0.05) is 138 Å². The fourth-order valence-corrected chi connectivity index (χ4v) is 4.36. The molecule has 4 aromatic carbocycles. The van der Waals surface area contributed by atoms with Crippen LogP contribution in [0, 0.1) is 0 Å². The highest BCUT2D eigenvalue weighted by atomic mass is 16.5. The molecule has 0 unspecified atom stereocenters. The molecule has 4 nitrogen and oxygen atoms in total. The molecular formula is C44H64O4.